The average molecular weight is 296 g/mol. The molecule has 0 bridgehead atoms. The molecule has 0 unspecified atom stereocenters. The van der Waals surface area contributed by atoms with Crippen molar-refractivity contribution >= 4 is 17.7 Å². The fraction of sp³-hybridized carbons (Fsp3) is 0.583. The molecule has 0 radical (unpaired) electrons. The van der Waals surface area contributed by atoms with Crippen molar-refractivity contribution in [1.29, 1.82) is 0 Å². The minimum atomic E-state index is -1.21. The molecule has 2 N–H and O–H groups in total. The maximum absolute atomic E-state index is 12.0. The molecule has 1 fully saturated rings. The first kappa shape index (κ1) is 14.9. The van der Waals surface area contributed by atoms with Gasteiger partial charge in [-0.2, -0.15) is 0 Å². The number of nitro groups is 1. The number of rotatable bonds is 5. The van der Waals surface area contributed by atoms with Crippen LogP contribution in [0.2, 0.25) is 0 Å². The van der Waals surface area contributed by atoms with Crippen molar-refractivity contribution in [3.63, 3.8) is 0 Å². The molecule has 9 heteroatoms. The Hall–Kier alpha value is -2.45. The molecule has 9 nitrogen and oxygen atoms in total. The highest BCUT2D eigenvalue weighted by Crippen LogP contribution is 2.29. The van der Waals surface area contributed by atoms with Crippen LogP contribution in [0.15, 0.2) is 6.20 Å². The second-order valence-electron chi connectivity index (χ2n) is 5.17. The summed E-state index contributed by atoms with van der Waals surface area (Å²) in [5, 5.41) is 22.5. The standard InChI is InChI=1S/C12H16N4O5/c1-8-13-9(16(20)21)6-15(8)7-10(17)14-12(11(18)19)4-2-3-5-12/h6H,2-5,7H2,1H3,(H,14,17)(H,18,19). The molecular weight excluding hydrogens is 280 g/mol. The van der Waals surface area contributed by atoms with E-state index in [0.29, 0.717) is 18.7 Å². The van der Waals surface area contributed by atoms with Crippen molar-refractivity contribution in [2.75, 3.05) is 0 Å². The lowest BCUT2D eigenvalue weighted by atomic mass is 9.98. The van der Waals surface area contributed by atoms with Crippen molar-refractivity contribution in [2.24, 2.45) is 0 Å². The van der Waals surface area contributed by atoms with E-state index in [1.54, 1.807) is 6.92 Å². The highest BCUT2D eigenvalue weighted by Gasteiger charge is 2.42. The van der Waals surface area contributed by atoms with E-state index in [4.69, 9.17) is 0 Å². The predicted molar refractivity (Wildman–Crippen MR) is 70.6 cm³/mol. The summed E-state index contributed by atoms with van der Waals surface area (Å²) in [4.78, 5) is 37.1. The van der Waals surface area contributed by atoms with Crippen LogP contribution < -0.4 is 5.32 Å². The number of hydrogen-bond donors (Lipinski definition) is 2. The Kier molecular flexibility index (Phi) is 3.92. The van der Waals surface area contributed by atoms with Crippen molar-refractivity contribution in [3.05, 3.63) is 22.1 Å². The van der Waals surface area contributed by atoms with E-state index in [1.165, 1.54) is 4.57 Å². The van der Waals surface area contributed by atoms with Crippen LogP contribution in [0.1, 0.15) is 31.5 Å². The second-order valence-corrected chi connectivity index (χ2v) is 5.17. The zero-order valence-electron chi connectivity index (χ0n) is 11.5. The summed E-state index contributed by atoms with van der Waals surface area (Å²) < 4.78 is 1.33. The Morgan fingerprint density at radius 1 is 1.52 bits per heavy atom. The molecule has 1 saturated carbocycles. The van der Waals surface area contributed by atoms with Gasteiger partial charge in [-0.05, 0) is 22.7 Å². The Morgan fingerprint density at radius 2 is 2.14 bits per heavy atom. The first-order chi connectivity index (χ1) is 9.84. The van der Waals surface area contributed by atoms with Crippen LogP contribution >= 0.6 is 0 Å². The summed E-state index contributed by atoms with van der Waals surface area (Å²) >= 11 is 0. The van der Waals surface area contributed by atoms with Gasteiger partial charge in [0.1, 0.15) is 18.3 Å². The van der Waals surface area contributed by atoms with Crippen molar-refractivity contribution < 1.29 is 19.6 Å². The summed E-state index contributed by atoms with van der Waals surface area (Å²) in [6.07, 6.45) is 3.47. The van der Waals surface area contributed by atoms with Crippen LogP contribution in [0.25, 0.3) is 0 Å². The molecule has 1 aromatic heterocycles. The first-order valence-electron chi connectivity index (χ1n) is 6.57. The van der Waals surface area contributed by atoms with Gasteiger partial charge >= 0.3 is 11.8 Å². The van der Waals surface area contributed by atoms with Crippen LogP contribution in [-0.2, 0) is 16.1 Å². The monoisotopic (exact) mass is 296 g/mol. The quantitative estimate of drug-likeness (QED) is 0.605. The molecule has 21 heavy (non-hydrogen) atoms. The molecule has 2 rings (SSSR count). The number of aromatic nitrogens is 2. The molecule has 114 valence electrons. The van der Waals surface area contributed by atoms with E-state index in [9.17, 15) is 24.8 Å². The van der Waals surface area contributed by atoms with E-state index < -0.39 is 22.3 Å². The molecular formula is C12H16N4O5. The van der Waals surface area contributed by atoms with Crippen LogP contribution in [-0.4, -0.2) is 37.0 Å². The van der Waals surface area contributed by atoms with Crippen molar-refractivity contribution in [2.45, 2.75) is 44.7 Å². The molecule has 0 atom stereocenters. The third kappa shape index (κ3) is 3.01. The molecule has 1 aromatic rings. The number of hydrogen-bond acceptors (Lipinski definition) is 5. The largest absolute Gasteiger partial charge is 0.480 e. The van der Waals surface area contributed by atoms with Crippen LogP contribution in [0.3, 0.4) is 0 Å². The zero-order chi connectivity index (χ0) is 15.6. The van der Waals surface area contributed by atoms with Gasteiger partial charge in [-0.1, -0.05) is 12.8 Å². The third-order valence-electron chi connectivity index (χ3n) is 3.71. The van der Waals surface area contributed by atoms with E-state index >= 15 is 0 Å². The lowest BCUT2D eigenvalue weighted by molar-refractivity contribution is -0.389. The fourth-order valence-corrected chi connectivity index (χ4v) is 2.57. The number of imidazole rings is 1. The van der Waals surface area contributed by atoms with Gasteiger partial charge in [0.2, 0.25) is 11.7 Å². The molecule has 0 spiro atoms. The number of aliphatic carboxylic acids is 1. The van der Waals surface area contributed by atoms with Crippen molar-refractivity contribution in [3.8, 4) is 0 Å². The summed E-state index contributed by atoms with van der Waals surface area (Å²) in [5.41, 5.74) is -1.21. The highest BCUT2D eigenvalue weighted by atomic mass is 16.6. The number of nitrogens with one attached hydrogen (secondary N) is 1. The second kappa shape index (κ2) is 5.51. The van der Waals surface area contributed by atoms with Gasteiger partial charge in [-0.3, -0.25) is 9.36 Å². The maximum Gasteiger partial charge on any atom is 0.381 e. The van der Waals surface area contributed by atoms with Crippen molar-refractivity contribution in [1.82, 2.24) is 14.9 Å². The number of amides is 1. The minimum Gasteiger partial charge on any atom is -0.480 e. The van der Waals surface area contributed by atoms with Crippen LogP contribution in [0.5, 0.6) is 0 Å². The van der Waals surface area contributed by atoms with Crippen LogP contribution in [0, 0.1) is 17.0 Å². The number of carbonyl (C=O) groups excluding carboxylic acids is 1. The van der Waals surface area contributed by atoms with Gasteiger partial charge in [-0.15, -0.1) is 0 Å². The topological polar surface area (TPSA) is 127 Å². The summed E-state index contributed by atoms with van der Waals surface area (Å²) in [6.45, 7) is 1.35. The Balaban J connectivity index is 2.08. The lowest BCUT2D eigenvalue weighted by Crippen LogP contribution is -2.53. The number of nitrogens with zero attached hydrogens (tertiary/aromatic N) is 3. The van der Waals surface area contributed by atoms with Gasteiger partial charge in [0.25, 0.3) is 0 Å². The lowest BCUT2D eigenvalue weighted by Gasteiger charge is -2.25. The smallest absolute Gasteiger partial charge is 0.381 e. The van der Waals surface area contributed by atoms with E-state index in [1.807, 2.05) is 0 Å². The Bertz CT molecular complexity index is 588. The molecule has 1 amide bonds. The molecule has 0 aliphatic heterocycles. The molecule has 1 aliphatic rings. The number of carboxylic acids is 1. The first-order valence-corrected chi connectivity index (χ1v) is 6.57. The van der Waals surface area contributed by atoms with Gasteiger partial charge in [0, 0.05) is 6.92 Å². The molecule has 0 aromatic carbocycles. The van der Waals surface area contributed by atoms with Gasteiger partial charge < -0.3 is 20.5 Å². The minimum absolute atomic E-state index is 0.193. The number of carbonyl (C=O) groups is 2. The highest BCUT2D eigenvalue weighted by molar-refractivity contribution is 5.87. The summed E-state index contributed by atoms with van der Waals surface area (Å²) in [5.74, 6) is -1.54. The fourth-order valence-electron chi connectivity index (χ4n) is 2.57. The van der Waals surface area contributed by atoms with Gasteiger partial charge in [0.05, 0.1) is 0 Å². The van der Waals surface area contributed by atoms with E-state index in [0.717, 1.165) is 19.0 Å². The van der Waals surface area contributed by atoms with E-state index in [-0.39, 0.29) is 12.4 Å². The maximum atomic E-state index is 12.0. The Labute approximate surface area is 120 Å². The SMILES string of the molecule is Cc1nc([N+](=O)[O-])cn1CC(=O)NC1(C(=O)O)CCCC1. The van der Waals surface area contributed by atoms with E-state index in [2.05, 4.69) is 10.3 Å². The number of carboxylic acid groups (broad SMARTS) is 1. The van der Waals surface area contributed by atoms with Crippen LogP contribution in [0.4, 0.5) is 5.82 Å². The normalized spacial score (nSPS) is 16.6. The molecule has 1 aliphatic carbocycles. The third-order valence-corrected chi connectivity index (χ3v) is 3.71. The summed E-state index contributed by atoms with van der Waals surface area (Å²) in [7, 11) is 0. The van der Waals surface area contributed by atoms with Gasteiger partial charge in [0.15, 0.2) is 0 Å². The predicted octanol–water partition coefficient (Wildman–Crippen LogP) is 0.613. The van der Waals surface area contributed by atoms with Gasteiger partial charge in [-0.25, -0.2) is 4.79 Å². The zero-order valence-corrected chi connectivity index (χ0v) is 11.5. The Morgan fingerprint density at radius 3 is 2.62 bits per heavy atom. The summed E-state index contributed by atoms with van der Waals surface area (Å²) in [6, 6.07) is 0. The number of aryl methyl sites for hydroxylation is 1. The average Bonchev–Trinajstić information content (AvgIpc) is 2.98. The molecule has 0 saturated heterocycles. The molecule has 1 heterocycles.